The first kappa shape index (κ1) is 10.8. The van der Waals surface area contributed by atoms with E-state index in [-0.39, 0.29) is 0 Å². The first-order chi connectivity index (χ1) is 7.77. The Morgan fingerprint density at radius 1 is 1.25 bits per heavy atom. The van der Waals surface area contributed by atoms with Gasteiger partial charge >= 0.3 is 0 Å². The van der Waals surface area contributed by atoms with E-state index in [1.165, 1.54) is 5.69 Å². The molecule has 16 heavy (non-hydrogen) atoms. The molecule has 86 valence electrons. The highest BCUT2D eigenvalue weighted by atomic mass is 15.2. The van der Waals surface area contributed by atoms with Crippen LogP contribution >= 0.6 is 0 Å². The molecule has 0 aliphatic rings. The first-order valence-electron chi connectivity index (χ1n) is 5.26. The fourth-order valence-corrected chi connectivity index (χ4v) is 1.51. The maximum absolute atomic E-state index is 4.06. The number of nitrogens with zero attached hydrogens (tertiary/aromatic N) is 5. The van der Waals surface area contributed by atoms with E-state index in [9.17, 15) is 0 Å². The number of hydrogen-bond donors (Lipinski definition) is 1. The molecular formula is C10H16N6. The van der Waals surface area contributed by atoms with Crippen molar-refractivity contribution in [3.63, 3.8) is 0 Å². The number of imidazole rings is 1. The second kappa shape index (κ2) is 4.89. The predicted molar refractivity (Wildman–Crippen MR) is 59.6 cm³/mol. The van der Waals surface area contributed by atoms with Crippen molar-refractivity contribution in [1.29, 1.82) is 0 Å². The van der Waals surface area contributed by atoms with Gasteiger partial charge < -0.3 is 14.5 Å². The van der Waals surface area contributed by atoms with Crippen LogP contribution in [0.2, 0.25) is 0 Å². The molecule has 0 fully saturated rings. The van der Waals surface area contributed by atoms with Crippen LogP contribution in [0.1, 0.15) is 11.5 Å². The van der Waals surface area contributed by atoms with Crippen LogP contribution < -0.4 is 5.32 Å². The van der Waals surface area contributed by atoms with Gasteiger partial charge in [0.2, 0.25) is 0 Å². The van der Waals surface area contributed by atoms with Crippen LogP contribution in [-0.4, -0.2) is 30.9 Å². The van der Waals surface area contributed by atoms with Gasteiger partial charge in [0.15, 0.2) is 0 Å². The molecule has 0 aromatic carbocycles. The summed E-state index contributed by atoms with van der Waals surface area (Å²) in [5, 5.41) is 11.2. The van der Waals surface area contributed by atoms with Gasteiger partial charge in [-0.2, -0.15) is 0 Å². The Balaban J connectivity index is 1.74. The molecule has 0 saturated heterocycles. The molecule has 0 saturated carbocycles. The van der Waals surface area contributed by atoms with E-state index in [0.717, 1.165) is 25.3 Å². The van der Waals surface area contributed by atoms with E-state index in [2.05, 4.69) is 20.5 Å². The molecule has 1 N–H and O–H groups in total. The zero-order valence-corrected chi connectivity index (χ0v) is 9.59. The van der Waals surface area contributed by atoms with Crippen LogP contribution in [0.15, 0.2) is 18.9 Å². The molecule has 6 heteroatoms. The van der Waals surface area contributed by atoms with Crippen molar-refractivity contribution in [3.8, 4) is 0 Å². The molecule has 0 aliphatic carbocycles. The van der Waals surface area contributed by atoms with Crippen LogP contribution in [0.5, 0.6) is 0 Å². The zero-order valence-electron chi connectivity index (χ0n) is 9.59. The lowest BCUT2D eigenvalue weighted by atomic mass is 10.4. The van der Waals surface area contributed by atoms with Gasteiger partial charge in [0.1, 0.15) is 12.2 Å². The molecule has 2 rings (SSSR count). The van der Waals surface area contributed by atoms with Gasteiger partial charge in [-0.25, -0.2) is 4.98 Å². The van der Waals surface area contributed by atoms with E-state index < -0.39 is 0 Å². The zero-order chi connectivity index (χ0) is 11.4. The summed E-state index contributed by atoms with van der Waals surface area (Å²) >= 11 is 0. The first-order valence-corrected chi connectivity index (χ1v) is 5.26. The SMILES string of the molecule is Cn1cncc1CNCCc1nncn1C. The molecule has 0 amide bonds. The van der Waals surface area contributed by atoms with Gasteiger partial charge in [-0.05, 0) is 0 Å². The van der Waals surface area contributed by atoms with Crippen molar-refractivity contribution in [2.24, 2.45) is 14.1 Å². The van der Waals surface area contributed by atoms with Crippen LogP contribution in [-0.2, 0) is 27.1 Å². The summed E-state index contributed by atoms with van der Waals surface area (Å²) in [6.07, 6.45) is 6.28. The van der Waals surface area contributed by atoms with E-state index >= 15 is 0 Å². The molecule has 0 unspecified atom stereocenters. The lowest BCUT2D eigenvalue weighted by Gasteiger charge is -2.04. The Morgan fingerprint density at radius 2 is 2.12 bits per heavy atom. The van der Waals surface area contributed by atoms with Crippen molar-refractivity contribution in [3.05, 3.63) is 30.4 Å². The molecule has 6 nitrogen and oxygen atoms in total. The minimum atomic E-state index is 0.828. The second-order valence-electron chi connectivity index (χ2n) is 3.78. The summed E-state index contributed by atoms with van der Waals surface area (Å²) in [5.74, 6) is 0.998. The van der Waals surface area contributed by atoms with Crippen molar-refractivity contribution in [2.45, 2.75) is 13.0 Å². The summed E-state index contributed by atoms with van der Waals surface area (Å²) in [6, 6.07) is 0. The predicted octanol–water partition coefficient (Wildman–Crippen LogP) is -0.119. The van der Waals surface area contributed by atoms with Crippen LogP contribution in [0.25, 0.3) is 0 Å². The van der Waals surface area contributed by atoms with Crippen molar-refractivity contribution >= 4 is 0 Å². The quantitative estimate of drug-likeness (QED) is 0.714. The number of hydrogen-bond acceptors (Lipinski definition) is 4. The molecule has 0 atom stereocenters. The summed E-state index contributed by atoms with van der Waals surface area (Å²) in [7, 11) is 3.95. The van der Waals surface area contributed by atoms with E-state index in [1.54, 1.807) is 12.7 Å². The molecule has 0 aliphatic heterocycles. The second-order valence-corrected chi connectivity index (χ2v) is 3.78. The fraction of sp³-hybridized carbons (Fsp3) is 0.500. The Morgan fingerprint density at radius 3 is 2.75 bits per heavy atom. The summed E-state index contributed by atoms with van der Waals surface area (Å²) < 4.78 is 3.95. The van der Waals surface area contributed by atoms with Crippen LogP contribution in [0.4, 0.5) is 0 Å². The minimum absolute atomic E-state index is 0.828. The standard InChI is InChI=1S/C10H16N6/c1-15-7-12-6-9(15)5-11-4-3-10-14-13-8-16(10)2/h6-8,11H,3-5H2,1-2H3. The monoisotopic (exact) mass is 220 g/mol. The van der Waals surface area contributed by atoms with Crippen molar-refractivity contribution in [2.75, 3.05) is 6.54 Å². The number of aromatic nitrogens is 5. The Kier molecular flexibility index (Phi) is 3.31. The molecule has 2 heterocycles. The molecule has 0 spiro atoms. The largest absolute Gasteiger partial charge is 0.337 e. The van der Waals surface area contributed by atoms with E-state index in [1.807, 2.05) is 29.4 Å². The summed E-state index contributed by atoms with van der Waals surface area (Å²) in [4.78, 5) is 4.06. The normalized spacial score (nSPS) is 10.9. The highest BCUT2D eigenvalue weighted by molar-refractivity contribution is 4.96. The van der Waals surface area contributed by atoms with E-state index in [4.69, 9.17) is 0 Å². The highest BCUT2D eigenvalue weighted by Crippen LogP contribution is 1.96. The van der Waals surface area contributed by atoms with Crippen molar-refractivity contribution in [1.82, 2.24) is 29.6 Å². The highest BCUT2D eigenvalue weighted by Gasteiger charge is 2.01. The average Bonchev–Trinajstić information content (AvgIpc) is 2.84. The van der Waals surface area contributed by atoms with Gasteiger partial charge in [0, 0.05) is 39.8 Å². The van der Waals surface area contributed by atoms with E-state index in [0.29, 0.717) is 0 Å². The Bertz CT molecular complexity index is 401. The van der Waals surface area contributed by atoms with Crippen LogP contribution in [0, 0.1) is 0 Å². The number of aryl methyl sites for hydroxylation is 2. The smallest absolute Gasteiger partial charge is 0.133 e. The lowest BCUT2D eigenvalue weighted by Crippen LogP contribution is -2.19. The molecule has 2 aromatic rings. The lowest BCUT2D eigenvalue weighted by molar-refractivity contribution is 0.631. The molecular weight excluding hydrogens is 204 g/mol. The maximum atomic E-state index is 4.06. The Hall–Kier alpha value is -1.69. The van der Waals surface area contributed by atoms with Gasteiger partial charge in [-0.3, -0.25) is 0 Å². The fourth-order valence-electron chi connectivity index (χ4n) is 1.51. The van der Waals surface area contributed by atoms with Gasteiger partial charge in [0.05, 0.1) is 12.0 Å². The molecule has 0 bridgehead atoms. The average molecular weight is 220 g/mol. The Labute approximate surface area is 94.3 Å². The third kappa shape index (κ3) is 2.46. The van der Waals surface area contributed by atoms with Crippen LogP contribution in [0.3, 0.4) is 0 Å². The summed E-state index contributed by atoms with van der Waals surface area (Å²) in [5.41, 5.74) is 1.18. The third-order valence-electron chi connectivity index (χ3n) is 2.55. The van der Waals surface area contributed by atoms with Gasteiger partial charge in [-0.1, -0.05) is 0 Å². The number of nitrogens with one attached hydrogen (secondary N) is 1. The molecule has 2 aromatic heterocycles. The maximum Gasteiger partial charge on any atom is 0.133 e. The number of rotatable bonds is 5. The van der Waals surface area contributed by atoms with Gasteiger partial charge in [-0.15, -0.1) is 10.2 Å². The third-order valence-corrected chi connectivity index (χ3v) is 2.55. The van der Waals surface area contributed by atoms with Crippen molar-refractivity contribution < 1.29 is 0 Å². The van der Waals surface area contributed by atoms with Gasteiger partial charge in [0.25, 0.3) is 0 Å². The summed E-state index contributed by atoms with van der Waals surface area (Å²) in [6.45, 7) is 1.71. The molecule has 0 radical (unpaired) electrons. The minimum Gasteiger partial charge on any atom is -0.337 e. The topological polar surface area (TPSA) is 60.6 Å².